The zero-order valence-corrected chi connectivity index (χ0v) is 9.62. The molecule has 0 atom stereocenters. The molecule has 0 bridgehead atoms. The first-order valence-electron chi connectivity index (χ1n) is 5.48. The average Bonchev–Trinajstić information content (AvgIpc) is 2.71. The van der Waals surface area contributed by atoms with E-state index in [2.05, 4.69) is 15.0 Å². The topological polar surface area (TPSA) is 61.5 Å². The zero-order chi connectivity index (χ0) is 12.7. The summed E-state index contributed by atoms with van der Waals surface area (Å²) >= 11 is 0. The summed E-state index contributed by atoms with van der Waals surface area (Å²) in [7, 11) is 0. The fourth-order valence-electron chi connectivity index (χ4n) is 1.94. The first-order valence-corrected chi connectivity index (χ1v) is 5.48. The van der Waals surface area contributed by atoms with Gasteiger partial charge >= 0.3 is 5.69 Å². The van der Waals surface area contributed by atoms with Gasteiger partial charge in [0.1, 0.15) is 5.82 Å². The van der Waals surface area contributed by atoms with E-state index >= 15 is 0 Å². The van der Waals surface area contributed by atoms with Crippen molar-refractivity contribution < 1.29 is 4.39 Å². The predicted octanol–water partition coefficient (Wildman–Crippen LogP) is 2.37. The molecule has 90 valence electrons. The van der Waals surface area contributed by atoms with Crippen molar-refractivity contribution in [2.24, 2.45) is 0 Å². The van der Waals surface area contributed by atoms with Crippen molar-refractivity contribution in [3.63, 3.8) is 0 Å². The van der Waals surface area contributed by atoms with Crippen molar-refractivity contribution in [1.29, 1.82) is 0 Å². The van der Waals surface area contributed by atoms with Crippen molar-refractivity contribution >= 4 is 11.2 Å². The minimum absolute atomic E-state index is 0.267. The van der Waals surface area contributed by atoms with E-state index in [4.69, 9.17) is 0 Å². The van der Waals surface area contributed by atoms with Gasteiger partial charge in [0.2, 0.25) is 0 Å². The molecular formula is C13H10FN3O. The van der Waals surface area contributed by atoms with Gasteiger partial charge in [0, 0.05) is 17.3 Å². The van der Waals surface area contributed by atoms with Crippen molar-refractivity contribution in [2.45, 2.75) is 6.92 Å². The van der Waals surface area contributed by atoms with Crippen molar-refractivity contribution in [2.75, 3.05) is 0 Å². The van der Waals surface area contributed by atoms with Crippen LogP contribution in [0.3, 0.4) is 0 Å². The number of halogens is 1. The predicted molar refractivity (Wildman–Crippen MR) is 66.8 cm³/mol. The molecule has 0 radical (unpaired) electrons. The van der Waals surface area contributed by atoms with Gasteiger partial charge in [-0.15, -0.1) is 0 Å². The largest absolute Gasteiger partial charge is 0.325 e. The summed E-state index contributed by atoms with van der Waals surface area (Å²) in [6, 6.07) is 6.90. The molecule has 0 saturated carbocycles. The number of hydrogen-bond acceptors (Lipinski definition) is 2. The number of rotatable bonds is 1. The van der Waals surface area contributed by atoms with Crippen LogP contribution in [-0.4, -0.2) is 15.0 Å². The Kier molecular flexibility index (Phi) is 2.26. The van der Waals surface area contributed by atoms with Gasteiger partial charge in [-0.25, -0.2) is 14.2 Å². The summed E-state index contributed by atoms with van der Waals surface area (Å²) in [6.45, 7) is 1.71. The van der Waals surface area contributed by atoms with Crippen LogP contribution in [0.4, 0.5) is 4.39 Å². The Morgan fingerprint density at radius 2 is 2.11 bits per heavy atom. The number of aromatic nitrogens is 3. The Morgan fingerprint density at radius 3 is 2.94 bits per heavy atom. The SMILES string of the molecule is Cc1cccc(-c2cnc3[nH]c(=O)[nH]c3c2)c1F. The lowest BCUT2D eigenvalue weighted by molar-refractivity contribution is 0.622. The van der Waals surface area contributed by atoms with E-state index in [1.54, 1.807) is 37.4 Å². The number of aryl methyl sites for hydroxylation is 1. The highest BCUT2D eigenvalue weighted by Gasteiger charge is 2.09. The van der Waals surface area contributed by atoms with E-state index in [1.807, 2.05) is 0 Å². The molecule has 0 aliphatic rings. The second-order valence-electron chi connectivity index (χ2n) is 4.14. The summed E-state index contributed by atoms with van der Waals surface area (Å²) in [6.07, 6.45) is 1.55. The molecule has 18 heavy (non-hydrogen) atoms. The third kappa shape index (κ3) is 1.60. The van der Waals surface area contributed by atoms with Gasteiger partial charge in [-0.2, -0.15) is 0 Å². The molecule has 0 spiro atoms. The Hall–Kier alpha value is -2.43. The summed E-state index contributed by atoms with van der Waals surface area (Å²) in [5, 5.41) is 0. The molecule has 2 N–H and O–H groups in total. The molecule has 0 fully saturated rings. The van der Waals surface area contributed by atoms with Gasteiger partial charge in [-0.1, -0.05) is 18.2 Å². The van der Waals surface area contributed by atoms with Crippen LogP contribution in [0.2, 0.25) is 0 Å². The van der Waals surface area contributed by atoms with E-state index in [0.717, 1.165) is 0 Å². The molecular weight excluding hydrogens is 233 g/mol. The lowest BCUT2D eigenvalue weighted by Gasteiger charge is -2.05. The Bertz CT molecular complexity index is 788. The van der Waals surface area contributed by atoms with E-state index in [9.17, 15) is 9.18 Å². The normalized spacial score (nSPS) is 11.0. The van der Waals surface area contributed by atoms with Crippen LogP contribution in [0.5, 0.6) is 0 Å². The fraction of sp³-hybridized carbons (Fsp3) is 0.0769. The van der Waals surface area contributed by atoms with Gasteiger partial charge in [0.05, 0.1) is 5.52 Å². The molecule has 0 amide bonds. The lowest BCUT2D eigenvalue weighted by atomic mass is 10.0. The summed E-state index contributed by atoms with van der Waals surface area (Å²) < 4.78 is 14.0. The van der Waals surface area contributed by atoms with Gasteiger partial charge in [-0.3, -0.25) is 4.98 Å². The van der Waals surface area contributed by atoms with Crippen LogP contribution in [0.15, 0.2) is 35.3 Å². The number of imidazole rings is 1. The highest BCUT2D eigenvalue weighted by molar-refractivity contribution is 5.77. The van der Waals surface area contributed by atoms with Crippen molar-refractivity contribution in [3.8, 4) is 11.1 Å². The number of fused-ring (bicyclic) bond motifs is 1. The summed E-state index contributed by atoms with van der Waals surface area (Å²) in [5.41, 5.74) is 2.41. The summed E-state index contributed by atoms with van der Waals surface area (Å²) in [5.74, 6) is -0.267. The maximum absolute atomic E-state index is 14.0. The lowest BCUT2D eigenvalue weighted by Crippen LogP contribution is -1.99. The molecule has 2 heterocycles. The van der Waals surface area contributed by atoms with Gasteiger partial charge in [0.25, 0.3) is 0 Å². The van der Waals surface area contributed by atoms with Crippen LogP contribution in [0.25, 0.3) is 22.3 Å². The van der Waals surface area contributed by atoms with Crippen LogP contribution in [-0.2, 0) is 0 Å². The third-order valence-electron chi connectivity index (χ3n) is 2.87. The Morgan fingerprint density at radius 1 is 1.28 bits per heavy atom. The Labute approximate surface area is 102 Å². The number of nitrogens with one attached hydrogen (secondary N) is 2. The third-order valence-corrected chi connectivity index (χ3v) is 2.87. The van der Waals surface area contributed by atoms with E-state index in [-0.39, 0.29) is 11.5 Å². The van der Waals surface area contributed by atoms with Crippen LogP contribution < -0.4 is 5.69 Å². The first kappa shape index (κ1) is 10.7. The van der Waals surface area contributed by atoms with Crippen molar-refractivity contribution in [1.82, 2.24) is 15.0 Å². The van der Waals surface area contributed by atoms with Gasteiger partial charge in [-0.05, 0) is 18.6 Å². The minimum atomic E-state index is -0.320. The molecule has 0 aliphatic heterocycles. The van der Waals surface area contributed by atoms with E-state index in [1.165, 1.54) is 0 Å². The second-order valence-corrected chi connectivity index (χ2v) is 4.14. The molecule has 2 aromatic heterocycles. The number of pyridine rings is 1. The highest BCUT2D eigenvalue weighted by atomic mass is 19.1. The van der Waals surface area contributed by atoms with Crippen LogP contribution in [0, 0.1) is 12.7 Å². The van der Waals surface area contributed by atoms with Gasteiger partial charge in [0.15, 0.2) is 5.65 Å². The van der Waals surface area contributed by atoms with Gasteiger partial charge < -0.3 is 4.98 Å². The standard InChI is InChI=1S/C13H10FN3O/c1-7-3-2-4-9(11(7)14)8-5-10-12(15-6-8)17-13(18)16-10/h2-6H,1H3,(H2,15,16,17,18). The molecule has 4 nitrogen and oxygen atoms in total. The van der Waals surface area contributed by atoms with Crippen LogP contribution >= 0.6 is 0 Å². The van der Waals surface area contributed by atoms with Crippen molar-refractivity contribution in [3.05, 3.63) is 52.3 Å². The second kappa shape index (κ2) is 3.80. The van der Waals surface area contributed by atoms with E-state index < -0.39 is 0 Å². The number of benzene rings is 1. The molecule has 5 heteroatoms. The molecule has 0 aliphatic carbocycles. The zero-order valence-electron chi connectivity index (χ0n) is 9.62. The number of hydrogen-bond donors (Lipinski definition) is 2. The number of nitrogens with zero attached hydrogens (tertiary/aromatic N) is 1. The monoisotopic (exact) mass is 243 g/mol. The Balaban J connectivity index is 2.25. The summed E-state index contributed by atoms with van der Waals surface area (Å²) in [4.78, 5) is 20.4. The molecule has 3 aromatic rings. The molecule has 3 rings (SSSR count). The molecule has 1 aromatic carbocycles. The fourth-order valence-corrected chi connectivity index (χ4v) is 1.94. The minimum Gasteiger partial charge on any atom is -0.304 e. The number of aromatic amines is 2. The first-order chi connectivity index (χ1) is 8.65. The van der Waals surface area contributed by atoms with E-state index in [0.29, 0.717) is 27.9 Å². The number of H-pyrrole nitrogens is 2. The maximum atomic E-state index is 14.0. The average molecular weight is 243 g/mol. The maximum Gasteiger partial charge on any atom is 0.325 e. The highest BCUT2D eigenvalue weighted by Crippen LogP contribution is 2.25. The smallest absolute Gasteiger partial charge is 0.304 e. The molecule has 0 unspecified atom stereocenters. The quantitative estimate of drug-likeness (QED) is 0.689. The molecule has 0 saturated heterocycles. The van der Waals surface area contributed by atoms with Crippen LogP contribution in [0.1, 0.15) is 5.56 Å².